The molecule has 1 fully saturated rings. The number of ether oxygens (including phenoxy) is 1. The minimum absolute atomic E-state index is 0.00428. The lowest BCUT2D eigenvalue weighted by Crippen LogP contribution is -2.42. The van der Waals surface area contributed by atoms with Crippen molar-refractivity contribution >= 4 is 29.2 Å². The van der Waals surface area contributed by atoms with Crippen LogP contribution in [-0.4, -0.2) is 81.5 Å². The lowest BCUT2D eigenvalue weighted by molar-refractivity contribution is -0.143. The number of nitrogens with two attached hydrogens (primary N) is 1. The number of nitrogens with one attached hydrogen (secondary N) is 1. The Bertz CT molecular complexity index is 1660. The van der Waals surface area contributed by atoms with Crippen molar-refractivity contribution < 1.29 is 29.3 Å². The van der Waals surface area contributed by atoms with E-state index in [0.29, 0.717) is 17.8 Å². The summed E-state index contributed by atoms with van der Waals surface area (Å²) in [5.41, 5.74) is 9.31. The molecule has 1 amide bonds. The van der Waals surface area contributed by atoms with Gasteiger partial charge in [-0.15, -0.1) is 0 Å². The van der Waals surface area contributed by atoms with Crippen molar-refractivity contribution in [2.24, 2.45) is 5.73 Å². The van der Waals surface area contributed by atoms with Crippen LogP contribution in [0.25, 0.3) is 16.9 Å². The zero-order chi connectivity index (χ0) is 34.3. The van der Waals surface area contributed by atoms with Crippen LogP contribution in [0.4, 0.5) is 5.69 Å². The zero-order valence-electron chi connectivity index (χ0n) is 26.7. The van der Waals surface area contributed by atoms with Gasteiger partial charge in [0.2, 0.25) is 5.91 Å². The van der Waals surface area contributed by atoms with E-state index in [1.54, 1.807) is 22.5 Å². The van der Waals surface area contributed by atoms with Gasteiger partial charge in [0.25, 0.3) is 0 Å². The number of rotatable bonds is 8. The second-order valence-corrected chi connectivity index (χ2v) is 10.6. The predicted molar refractivity (Wildman–Crippen MR) is 176 cm³/mol. The lowest BCUT2D eigenvalue weighted by Gasteiger charge is -2.29. The fourth-order valence-electron chi connectivity index (χ4n) is 5.17. The molecule has 1 aliphatic rings. The fraction of sp³-hybridized carbons (Fsp3) is 0.353. The second kappa shape index (κ2) is 18.1. The highest BCUT2D eigenvalue weighted by molar-refractivity contribution is 5.92. The maximum absolute atomic E-state index is 11.9. The third-order valence-corrected chi connectivity index (χ3v) is 7.55. The van der Waals surface area contributed by atoms with Gasteiger partial charge in [0.1, 0.15) is 17.7 Å². The number of hydrogen-bond donors (Lipinski definition) is 4. The number of benzene rings is 2. The summed E-state index contributed by atoms with van der Waals surface area (Å²) >= 11 is 0. The van der Waals surface area contributed by atoms with Gasteiger partial charge in [-0.3, -0.25) is 14.4 Å². The molecule has 13 heteroatoms. The zero-order valence-corrected chi connectivity index (χ0v) is 26.7. The Morgan fingerprint density at radius 1 is 1.17 bits per heavy atom. The maximum atomic E-state index is 11.9. The van der Waals surface area contributed by atoms with Crippen molar-refractivity contribution in [3.63, 3.8) is 0 Å². The van der Waals surface area contributed by atoms with Gasteiger partial charge in [-0.1, -0.05) is 48.9 Å². The first kappa shape index (κ1) is 36.3. The Balaban J connectivity index is 0.000000219. The van der Waals surface area contributed by atoms with E-state index in [4.69, 9.17) is 25.9 Å². The van der Waals surface area contributed by atoms with Crippen molar-refractivity contribution in [1.29, 1.82) is 5.26 Å². The number of nitriles is 1. The number of nitrogens with zero attached hydrogens (tertiary/aromatic N) is 5. The van der Waals surface area contributed by atoms with Gasteiger partial charge < -0.3 is 30.9 Å². The molecule has 5 N–H and O–H groups in total. The van der Waals surface area contributed by atoms with Crippen molar-refractivity contribution in [2.75, 3.05) is 31.7 Å². The minimum Gasteiger partial charge on any atom is -0.480 e. The summed E-state index contributed by atoms with van der Waals surface area (Å²) in [7, 11) is 1.46. The average Bonchev–Trinajstić information content (AvgIpc) is 3.53. The molecule has 2 aromatic carbocycles. The fourth-order valence-corrected chi connectivity index (χ4v) is 5.17. The molecule has 5 rings (SSSR count). The molecule has 13 nitrogen and oxygen atoms in total. The number of carbonyl (C=O) groups excluding carboxylic acids is 2. The normalized spacial score (nSPS) is 15.0. The number of carbonyl (C=O) groups is 3. The van der Waals surface area contributed by atoms with E-state index in [-0.39, 0.29) is 23.8 Å². The number of amides is 1. The molecular weight excluding hydrogens is 602 g/mol. The van der Waals surface area contributed by atoms with Gasteiger partial charge in [-0.25, -0.2) is 9.50 Å². The number of aliphatic hydroxyl groups excluding tert-OH is 1. The Hall–Kier alpha value is -5.16. The molecular formula is C34H41N7O6. The first-order valence-corrected chi connectivity index (χ1v) is 15.2. The topological polar surface area (TPSA) is 196 Å². The van der Waals surface area contributed by atoms with Crippen LogP contribution in [0.3, 0.4) is 0 Å². The van der Waals surface area contributed by atoms with Gasteiger partial charge in [0.05, 0.1) is 31.5 Å². The molecule has 3 atom stereocenters. The quantitative estimate of drug-likeness (QED) is 0.206. The number of aliphatic hydroxyl groups is 1. The van der Waals surface area contributed by atoms with Crippen molar-refractivity contribution in [3.05, 3.63) is 84.2 Å². The number of esters is 1. The molecule has 3 heterocycles. The first-order chi connectivity index (χ1) is 22.7. The summed E-state index contributed by atoms with van der Waals surface area (Å²) < 4.78 is 6.58. The van der Waals surface area contributed by atoms with Crippen LogP contribution in [0.15, 0.2) is 73.1 Å². The smallest absolute Gasteiger partial charge is 0.322 e. The molecule has 2 unspecified atom stereocenters. The summed E-state index contributed by atoms with van der Waals surface area (Å²) in [5, 5.41) is 32.7. The second-order valence-electron chi connectivity index (χ2n) is 10.6. The molecule has 0 radical (unpaired) electrons. The predicted octanol–water partition coefficient (Wildman–Crippen LogP) is 3.12. The largest absolute Gasteiger partial charge is 0.480 e. The average molecular weight is 644 g/mol. The standard InChI is InChI=1S/C17H15N5O.C14H19NO2.C3H7NO3/c1-3-21(12(2)23)15-6-4-5-13(9-15)16-7-8-19-17-14(10-18)11-20-22(16)17;1-17-14(16)13(11-7-3-2-4-8-11)12-9-5-6-10-15-12;4-2(1-5)3(6)7/h4-9,11H,3H2,1-2H3;2-4,7-8,12-13,15H,5-6,9-10H2,1H3;2,5H,1,4H2,(H,6,7)/t;;2-/m..1/s1. The molecule has 0 aliphatic carbocycles. The molecule has 2 aromatic heterocycles. The van der Waals surface area contributed by atoms with Crippen LogP contribution >= 0.6 is 0 Å². The van der Waals surface area contributed by atoms with Crippen molar-refractivity contribution in [2.45, 2.75) is 51.1 Å². The number of aromatic nitrogens is 3. The number of carboxylic acid groups (broad SMARTS) is 1. The van der Waals surface area contributed by atoms with Gasteiger partial charge in [0.15, 0.2) is 5.65 Å². The van der Waals surface area contributed by atoms with Gasteiger partial charge in [-0.2, -0.15) is 10.4 Å². The number of aliphatic carboxylic acids is 1. The Morgan fingerprint density at radius 2 is 1.91 bits per heavy atom. The molecule has 0 spiro atoms. The van der Waals surface area contributed by atoms with Crippen LogP contribution in [0.2, 0.25) is 0 Å². The van der Waals surface area contributed by atoms with Gasteiger partial charge in [-0.05, 0) is 50.1 Å². The Morgan fingerprint density at radius 3 is 2.47 bits per heavy atom. The number of anilines is 1. The van der Waals surface area contributed by atoms with Crippen LogP contribution in [0, 0.1) is 11.3 Å². The first-order valence-electron chi connectivity index (χ1n) is 15.2. The SMILES string of the molecule is CCN(C(C)=O)c1cccc(-c2ccnc3c(C#N)cnn23)c1.COC(=O)C(c1ccccc1)C1CCCCN1.N[C@H](CO)C(=O)O. The third-order valence-electron chi connectivity index (χ3n) is 7.55. The number of methoxy groups -OCH3 is 1. The molecule has 0 bridgehead atoms. The maximum Gasteiger partial charge on any atom is 0.322 e. The Kier molecular flexibility index (Phi) is 14.0. The third kappa shape index (κ3) is 9.67. The molecule has 1 aliphatic heterocycles. The Labute approximate surface area is 273 Å². The molecule has 47 heavy (non-hydrogen) atoms. The monoisotopic (exact) mass is 643 g/mol. The summed E-state index contributed by atoms with van der Waals surface area (Å²) in [4.78, 5) is 39.2. The van der Waals surface area contributed by atoms with E-state index in [1.165, 1.54) is 26.1 Å². The van der Waals surface area contributed by atoms with E-state index in [2.05, 4.69) is 21.5 Å². The van der Waals surface area contributed by atoms with Crippen LogP contribution in [0.1, 0.15) is 50.2 Å². The number of hydrogen-bond acceptors (Lipinski definition) is 10. The minimum atomic E-state index is -1.18. The van der Waals surface area contributed by atoms with Crippen LogP contribution in [0.5, 0.6) is 0 Å². The highest BCUT2D eigenvalue weighted by Crippen LogP contribution is 2.27. The van der Waals surface area contributed by atoms with Gasteiger partial charge >= 0.3 is 11.9 Å². The molecule has 0 saturated carbocycles. The number of piperidine rings is 1. The summed E-state index contributed by atoms with van der Waals surface area (Å²) in [5.74, 6) is -1.50. The summed E-state index contributed by atoms with van der Waals surface area (Å²) in [6.45, 7) is 4.57. The highest BCUT2D eigenvalue weighted by atomic mass is 16.5. The van der Waals surface area contributed by atoms with Crippen LogP contribution < -0.4 is 16.0 Å². The van der Waals surface area contributed by atoms with E-state index in [0.717, 1.165) is 35.5 Å². The van der Waals surface area contributed by atoms with Gasteiger partial charge in [0, 0.05) is 37.0 Å². The van der Waals surface area contributed by atoms with E-state index in [1.807, 2.05) is 67.6 Å². The summed E-state index contributed by atoms with van der Waals surface area (Å²) in [6, 6.07) is 20.6. The van der Waals surface area contributed by atoms with E-state index < -0.39 is 18.6 Å². The van der Waals surface area contributed by atoms with E-state index in [9.17, 15) is 14.4 Å². The molecule has 1 saturated heterocycles. The number of carboxylic acids is 1. The molecule has 248 valence electrons. The van der Waals surface area contributed by atoms with Crippen molar-refractivity contribution in [3.8, 4) is 17.3 Å². The summed E-state index contributed by atoms with van der Waals surface area (Å²) in [6.07, 6.45) is 6.57. The lowest BCUT2D eigenvalue weighted by atomic mass is 9.86. The van der Waals surface area contributed by atoms with Crippen LogP contribution in [-0.2, 0) is 19.1 Å². The highest BCUT2D eigenvalue weighted by Gasteiger charge is 2.31. The number of fused-ring (bicyclic) bond motifs is 1. The van der Waals surface area contributed by atoms with E-state index >= 15 is 0 Å². The molecule has 4 aromatic rings. The van der Waals surface area contributed by atoms with Crippen molar-refractivity contribution in [1.82, 2.24) is 19.9 Å².